The Labute approximate surface area is 185 Å². The largest absolute Gasteiger partial charge is 0.444 e. The van der Waals surface area contributed by atoms with Gasteiger partial charge in [-0.15, -0.1) is 24.0 Å². The van der Waals surface area contributed by atoms with Gasteiger partial charge in [0.15, 0.2) is 5.96 Å². The molecule has 1 saturated heterocycles. The number of amides is 2. The maximum absolute atomic E-state index is 12.6. The lowest BCUT2D eigenvalue weighted by atomic mass is 9.85. The van der Waals surface area contributed by atoms with Crippen molar-refractivity contribution < 1.29 is 14.3 Å². The highest BCUT2D eigenvalue weighted by molar-refractivity contribution is 14.0. The Morgan fingerprint density at radius 3 is 2.04 bits per heavy atom. The van der Waals surface area contributed by atoms with Crippen LogP contribution in [0.5, 0.6) is 0 Å². The number of piperazine rings is 1. The normalized spacial score (nSPS) is 19.8. The van der Waals surface area contributed by atoms with Gasteiger partial charge in [-0.05, 0) is 33.6 Å². The molecule has 2 amide bonds. The molecule has 2 fully saturated rings. The smallest absolute Gasteiger partial charge is 0.410 e. The van der Waals surface area contributed by atoms with Crippen LogP contribution in [-0.4, -0.2) is 85.1 Å². The summed E-state index contributed by atoms with van der Waals surface area (Å²) in [5, 5.41) is 0. The first-order chi connectivity index (χ1) is 12.5. The molecular weight excluding hydrogens is 473 g/mol. The quantitative estimate of drug-likeness (QED) is 0.358. The van der Waals surface area contributed by atoms with E-state index in [0.29, 0.717) is 38.7 Å². The molecule has 0 unspecified atom stereocenters. The van der Waals surface area contributed by atoms with Gasteiger partial charge in [0, 0.05) is 40.3 Å². The Bertz CT molecular complexity index is 575. The van der Waals surface area contributed by atoms with E-state index >= 15 is 0 Å². The molecular formula is C19H36IN5O3. The van der Waals surface area contributed by atoms with Crippen molar-refractivity contribution in [2.24, 2.45) is 16.1 Å². The van der Waals surface area contributed by atoms with Crippen LogP contribution < -0.4 is 5.73 Å². The zero-order valence-electron chi connectivity index (χ0n) is 17.9. The lowest BCUT2D eigenvalue weighted by molar-refractivity contribution is -0.138. The van der Waals surface area contributed by atoms with Gasteiger partial charge in [-0.25, -0.2) is 4.79 Å². The predicted octanol–water partition coefficient (Wildman–Crippen LogP) is 2.12. The molecule has 8 nitrogen and oxygen atoms in total. The molecule has 0 aromatic heterocycles. The molecule has 28 heavy (non-hydrogen) atoms. The van der Waals surface area contributed by atoms with Crippen LogP contribution in [0.25, 0.3) is 0 Å². The summed E-state index contributed by atoms with van der Waals surface area (Å²) in [4.78, 5) is 34.7. The minimum absolute atomic E-state index is 0. The van der Waals surface area contributed by atoms with Gasteiger partial charge in [0.25, 0.3) is 0 Å². The van der Waals surface area contributed by atoms with E-state index in [1.165, 1.54) is 0 Å². The van der Waals surface area contributed by atoms with E-state index in [2.05, 4.69) is 4.99 Å². The van der Waals surface area contributed by atoms with Crippen LogP contribution in [0.2, 0.25) is 0 Å². The molecule has 2 N–H and O–H groups in total. The van der Waals surface area contributed by atoms with E-state index in [4.69, 9.17) is 10.5 Å². The van der Waals surface area contributed by atoms with Gasteiger partial charge >= 0.3 is 6.09 Å². The number of rotatable bonds is 3. The highest BCUT2D eigenvalue weighted by atomic mass is 127. The van der Waals surface area contributed by atoms with Gasteiger partial charge in [-0.1, -0.05) is 12.8 Å². The summed E-state index contributed by atoms with van der Waals surface area (Å²) in [6.45, 7) is 8.34. The molecule has 0 atom stereocenters. The molecule has 0 aromatic rings. The summed E-state index contributed by atoms with van der Waals surface area (Å²) >= 11 is 0. The number of carbonyl (C=O) groups excluding carboxylic acids is 2. The van der Waals surface area contributed by atoms with E-state index in [1.54, 1.807) is 23.9 Å². The summed E-state index contributed by atoms with van der Waals surface area (Å²) in [7, 11) is 3.59. The van der Waals surface area contributed by atoms with Crippen LogP contribution >= 0.6 is 24.0 Å². The maximum Gasteiger partial charge on any atom is 0.410 e. The molecule has 162 valence electrons. The topological polar surface area (TPSA) is 91.5 Å². The second kappa shape index (κ2) is 9.98. The number of hydrogen-bond donors (Lipinski definition) is 1. The van der Waals surface area contributed by atoms with Gasteiger partial charge in [0.2, 0.25) is 5.91 Å². The van der Waals surface area contributed by atoms with Crippen LogP contribution in [-0.2, 0) is 9.53 Å². The number of hydrogen-bond acceptors (Lipinski definition) is 4. The third kappa shape index (κ3) is 6.38. The van der Waals surface area contributed by atoms with Crippen LogP contribution in [0.3, 0.4) is 0 Å². The first kappa shape index (κ1) is 24.8. The first-order valence-corrected chi connectivity index (χ1v) is 9.79. The van der Waals surface area contributed by atoms with E-state index in [0.717, 1.165) is 25.7 Å². The highest BCUT2D eigenvalue weighted by Gasteiger charge is 2.42. The maximum atomic E-state index is 12.6. The minimum Gasteiger partial charge on any atom is -0.444 e. The molecule has 0 aromatic carbocycles. The summed E-state index contributed by atoms with van der Waals surface area (Å²) in [5.74, 6) is 0.600. The summed E-state index contributed by atoms with van der Waals surface area (Å²) in [6.07, 6.45) is 3.56. The van der Waals surface area contributed by atoms with Crippen LogP contribution in [0.4, 0.5) is 4.79 Å². The fraction of sp³-hybridized carbons (Fsp3) is 0.842. The van der Waals surface area contributed by atoms with Crippen molar-refractivity contribution in [3.05, 3.63) is 0 Å². The second-order valence-electron chi connectivity index (χ2n) is 8.82. The minimum atomic E-state index is -0.497. The average Bonchev–Trinajstić information content (AvgIpc) is 3.07. The number of ether oxygens (including phenoxy) is 1. The van der Waals surface area contributed by atoms with Crippen molar-refractivity contribution in [1.29, 1.82) is 0 Å². The van der Waals surface area contributed by atoms with E-state index < -0.39 is 11.0 Å². The zero-order valence-corrected chi connectivity index (χ0v) is 20.2. The van der Waals surface area contributed by atoms with Crippen molar-refractivity contribution in [3.8, 4) is 0 Å². The SMILES string of the molecule is CN(C)C(=O)C1(CN=C(N)N2CCN(C(=O)OC(C)(C)C)CC2)CCCC1.I. The van der Waals surface area contributed by atoms with Crippen molar-refractivity contribution in [2.45, 2.75) is 52.1 Å². The second-order valence-corrected chi connectivity index (χ2v) is 8.82. The van der Waals surface area contributed by atoms with E-state index in [1.807, 2.05) is 25.7 Å². The number of nitrogens with zero attached hydrogens (tertiary/aromatic N) is 4. The molecule has 2 rings (SSSR count). The number of aliphatic imine (C=N–C) groups is 1. The number of carbonyl (C=O) groups is 2. The fourth-order valence-corrected chi connectivity index (χ4v) is 3.74. The predicted molar refractivity (Wildman–Crippen MR) is 121 cm³/mol. The van der Waals surface area contributed by atoms with Gasteiger partial charge in [0.1, 0.15) is 5.60 Å². The van der Waals surface area contributed by atoms with Gasteiger partial charge in [-0.3, -0.25) is 9.79 Å². The average molecular weight is 509 g/mol. The van der Waals surface area contributed by atoms with E-state index in [-0.39, 0.29) is 36.0 Å². The summed E-state index contributed by atoms with van der Waals surface area (Å²) < 4.78 is 5.41. The molecule has 1 aliphatic heterocycles. The zero-order chi connectivity index (χ0) is 20.2. The Kier molecular flexibility index (Phi) is 8.83. The van der Waals surface area contributed by atoms with Gasteiger partial charge in [0.05, 0.1) is 12.0 Å². The Hall–Kier alpha value is -1.26. The van der Waals surface area contributed by atoms with E-state index in [9.17, 15) is 9.59 Å². The summed E-state index contributed by atoms with van der Waals surface area (Å²) in [6, 6.07) is 0. The number of halogens is 1. The lowest BCUT2D eigenvalue weighted by Crippen LogP contribution is -2.53. The molecule has 0 spiro atoms. The number of guanidine groups is 1. The Morgan fingerprint density at radius 1 is 1.07 bits per heavy atom. The van der Waals surface area contributed by atoms with Crippen LogP contribution in [0.1, 0.15) is 46.5 Å². The van der Waals surface area contributed by atoms with Crippen molar-refractivity contribution in [2.75, 3.05) is 46.8 Å². The van der Waals surface area contributed by atoms with Crippen molar-refractivity contribution in [1.82, 2.24) is 14.7 Å². The molecule has 9 heteroatoms. The third-order valence-corrected chi connectivity index (χ3v) is 5.22. The summed E-state index contributed by atoms with van der Waals surface area (Å²) in [5.41, 5.74) is 5.29. The molecule has 0 bridgehead atoms. The monoisotopic (exact) mass is 509 g/mol. The van der Waals surface area contributed by atoms with Gasteiger partial charge in [-0.2, -0.15) is 0 Å². The first-order valence-electron chi connectivity index (χ1n) is 9.79. The highest BCUT2D eigenvalue weighted by Crippen LogP contribution is 2.39. The molecule has 1 heterocycles. The van der Waals surface area contributed by atoms with Crippen molar-refractivity contribution >= 4 is 41.9 Å². The number of nitrogens with two attached hydrogens (primary N) is 1. The van der Waals surface area contributed by atoms with Crippen LogP contribution in [0.15, 0.2) is 4.99 Å². The third-order valence-electron chi connectivity index (χ3n) is 5.22. The molecule has 0 radical (unpaired) electrons. The molecule has 2 aliphatic rings. The molecule has 1 aliphatic carbocycles. The fourth-order valence-electron chi connectivity index (χ4n) is 3.74. The van der Waals surface area contributed by atoms with Gasteiger partial charge < -0.3 is 25.2 Å². The molecule has 1 saturated carbocycles. The standard InChI is InChI=1S/C19H35N5O3.HI/c1-18(2,3)27-17(26)24-12-10-23(11-13-24)16(20)21-14-19(8-6-7-9-19)15(25)22(4)5;/h6-14H2,1-5H3,(H2,20,21);1H. The van der Waals surface area contributed by atoms with Crippen LogP contribution in [0, 0.1) is 5.41 Å². The van der Waals surface area contributed by atoms with Crippen molar-refractivity contribution in [3.63, 3.8) is 0 Å². The Balaban J connectivity index is 0.00000392. The lowest BCUT2D eigenvalue weighted by Gasteiger charge is -2.36. The Morgan fingerprint density at radius 2 is 1.57 bits per heavy atom.